The van der Waals surface area contributed by atoms with Crippen molar-refractivity contribution in [3.8, 4) is 17.2 Å². The minimum absolute atomic E-state index is 0.0452. The Morgan fingerprint density at radius 1 is 0.852 bits per heavy atom. The molecule has 140 valence electrons. The zero-order valence-corrected chi connectivity index (χ0v) is 16.0. The van der Waals surface area contributed by atoms with Crippen LogP contribution in [0.1, 0.15) is 30.5 Å². The minimum atomic E-state index is -0.314. The lowest BCUT2D eigenvalue weighted by Crippen LogP contribution is -2.07. The molecule has 2 nitrogen and oxygen atoms in total. The van der Waals surface area contributed by atoms with Crippen molar-refractivity contribution < 1.29 is 13.9 Å². The van der Waals surface area contributed by atoms with Gasteiger partial charge >= 0.3 is 0 Å². The van der Waals surface area contributed by atoms with E-state index in [1.165, 1.54) is 5.56 Å². The molecule has 0 aliphatic rings. The zero-order valence-electron chi connectivity index (χ0n) is 16.0. The predicted octanol–water partition coefficient (Wildman–Crippen LogP) is 6.50. The molecule has 0 aromatic heterocycles. The molecule has 3 aromatic rings. The van der Waals surface area contributed by atoms with Crippen LogP contribution in [0.4, 0.5) is 4.39 Å². The van der Waals surface area contributed by atoms with Crippen molar-refractivity contribution in [2.45, 2.75) is 39.7 Å². The molecule has 0 unspecified atom stereocenters. The van der Waals surface area contributed by atoms with Crippen molar-refractivity contribution in [3.05, 3.63) is 89.2 Å². The fraction of sp³-hybridized carbons (Fsp3) is 0.250. The van der Waals surface area contributed by atoms with E-state index in [1.807, 2.05) is 69.3 Å². The molecule has 0 radical (unpaired) electrons. The van der Waals surface area contributed by atoms with Gasteiger partial charge in [-0.1, -0.05) is 42.0 Å². The quantitative estimate of drug-likeness (QED) is 0.476. The Kier molecular flexibility index (Phi) is 6.12. The number of halogens is 1. The molecule has 0 saturated heterocycles. The van der Waals surface area contributed by atoms with Crippen LogP contribution in [0.25, 0.3) is 0 Å². The summed E-state index contributed by atoms with van der Waals surface area (Å²) in [4.78, 5) is 0. The topological polar surface area (TPSA) is 18.5 Å². The van der Waals surface area contributed by atoms with Crippen LogP contribution in [0.5, 0.6) is 17.2 Å². The molecule has 0 fully saturated rings. The highest BCUT2D eigenvalue weighted by Crippen LogP contribution is 2.27. The van der Waals surface area contributed by atoms with Crippen LogP contribution in [0.15, 0.2) is 66.7 Å². The van der Waals surface area contributed by atoms with Gasteiger partial charge in [-0.25, -0.2) is 4.39 Å². The third-order valence-corrected chi connectivity index (χ3v) is 4.26. The molecule has 0 atom stereocenters. The van der Waals surface area contributed by atoms with Gasteiger partial charge in [0.1, 0.15) is 11.5 Å². The number of hydrogen-bond acceptors (Lipinski definition) is 2. The Morgan fingerprint density at radius 2 is 1.59 bits per heavy atom. The molecular formula is C24H25FO2. The number of rotatable bonds is 7. The third kappa shape index (κ3) is 5.33. The van der Waals surface area contributed by atoms with Gasteiger partial charge in [0, 0.05) is 0 Å². The van der Waals surface area contributed by atoms with Crippen LogP contribution >= 0.6 is 0 Å². The fourth-order valence-electron chi connectivity index (χ4n) is 2.87. The van der Waals surface area contributed by atoms with Gasteiger partial charge < -0.3 is 9.47 Å². The molecule has 0 N–H and O–H groups in total. The maximum atomic E-state index is 14.2. The van der Waals surface area contributed by atoms with Gasteiger partial charge in [0.2, 0.25) is 0 Å². The van der Waals surface area contributed by atoms with Crippen molar-refractivity contribution in [1.29, 1.82) is 0 Å². The van der Waals surface area contributed by atoms with Gasteiger partial charge in [0.15, 0.2) is 11.6 Å². The molecule has 3 heteroatoms. The van der Waals surface area contributed by atoms with Crippen LogP contribution in [-0.4, -0.2) is 6.10 Å². The number of hydrogen-bond donors (Lipinski definition) is 0. The molecule has 3 aromatic carbocycles. The normalized spacial score (nSPS) is 10.9. The van der Waals surface area contributed by atoms with Crippen molar-refractivity contribution in [2.24, 2.45) is 0 Å². The third-order valence-electron chi connectivity index (χ3n) is 4.26. The van der Waals surface area contributed by atoms with E-state index in [1.54, 1.807) is 12.1 Å². The summed E-state index contributed by atoms with van der Waals surface area (Å²) in [5.74, 6) is 1.64. The van der Waals surface area contributed by atoms with Gasteiger partial charge in [-0.05, 0) is 75.1 Å². The predicted molar refractivity (Wildman–Crippen MR) is 107 cm³/mol. The summed E-state index contributed by atoms with van der Waals surface area (Å²) in [6, 6.07) is 21.2. The Balaban J connectivity index is 1.69. The minimum Gasteiger partial charge on any atom is -0.488 e. The summed E-state index contributed by atoms with van der Waals surface area (Å²) in [5.41, 5.74) is 3.23. The lowest BCUT2D eigenvalue weighted by atomic mass is 10.0. The molecule has 0 amide bonds. The Hall–Kier alpha value is -2.81. The van der Waals surface area contributed by atoms with Gasteiger partial charge in [0.25, 0.3) is 0 Å². The maximum Gasteiger partial charge on any atom is 0.165 e. The van der Waals surface area contributed by atoms with Gasteiger partial charge in [0.05, 0.1) is 6.10 Å². The van der Waals surface area contributed by atoms with E-state index in [0.717, 1.165) is 35.5 Å². The van der Waals surface area contributed by atoms with E-state index in [0.29, 0.717) is 5.75 Å². The first kappa shape index (κ1) is 19.0. The second-order valence-electron chi connectivity index (χ2n) is 6.95. The first-order valence-electron chi connectivity index (χ1n) is 9.29. The van der Waals surface area contributed by atoms with E-state index in [2.05, 4.69) is 6.07 Å². The number of para-hydroxylation sites is 1. The molecule has 0 spiro atoms. The van der Waals surface area contributed by atoms with Crippen LogP contribution < -0.4 is 9.47 Å². The summed E-state index contributed by atoms with van der Waals surface area (Å²) in [6.45, 7) is 5.82. The second-order valence-corrected chi connectivity index (χ2v) is 6.95. The van der Waals surface area contributed by atoms with Crippen molar-refractivity contribution in [2.75, 3.05) is 0 Å². The molecule has 27 heavy (non-hydrogen) atoms. The highest BCUT2D eigenvalue weighted by molar-refractivity contribution is 5.39. The molecule has 0 bridgehead atoms. The SMILES string of the molecule is Cc1ccc(Oc2ccccc2CCc2ccc(OC(C)C)c(F)c2)cc1. The molecular weight excluding hydrogens is 339 g/mol. The fourth-order valence-corrected chi connectivity index (χ4v) is 2.87. The van der Waals surface area contributed by atoms with Gasteiger partial charge in [-0.2, -0.15) is 0 Å². The van der Waals surface area contributed by atoms with E-state index in [-0.39, 0.29) is 11.9 Å². The molecule has 0 aliphatic carbocycles. The van der Waals surface area contributed by atoms with Crippen LogP contribution in [-0.2, 0) is 12.8 Å². The first-order valence-corrected chi connectivity index (χ1v) is 9.29. The number of benzene rings is 3. The first-order chi connectivity index (χ1) is 13.0. The standard InChI is InChI=1S/C24H25FO2/c1-17(2)26-24-15-11-19(16-22(24)25)10-12-20-6-4-5-7-23(20)27-21-13-8-18(3)9-14-21/h4-9,11,13-17H,10,12H2,1-3H3. The van der Waals surface area contributed by atoms with E-state index >= 15 is 0 Å². The van der Waals surface area contributed by atoms with E-state index in [4.69, 9.17) is 9.47 Å². The van der Waals surface area contributed by atoms with E-state index < -0.39 is 0 Å². The van der Waals surface area contributed by atoms with Crippen molar-refractivity contribution >= 4 is 0 Å². The Morgan fingerprint density at radius 3 is 2.30 bits per heavy atom. The Labute approximate surface area is 160 Å². The van der Waals surface area contributed by atoms with Crippen molar-refractivity contribution in [1.82, 2.24) is 0 Å². The number of ether oxygens (including phenoxy) is 2. The number of aryl methyl sites for hydroxylation is 3. The molecule has 0 aliphatic heterocycles. The highest BCUT2D eigenvalue weighted by Gasteiger charge is 2.09. The van der Waals surface area contributed by atoms with Crippen molar-refractivity contribution in [3.63, 3.8) is 0 Å². The summed E-state index contributed by atoms with van der Waals surface area (Å²) < 4.78 is 25.7. The summed E-state index contributed by atoms with van der Waals surface area (Å²) >= 11 is 0. The van der Waals surface area contributed by atoms with Crippen LogP contribution in [0.3, 0.4) is 0 Å². The smallest absolute Gasteiger partial charge is 0.165 e. The Bertz CT molecular complexity index is 885. The summed E-state index contributed by atoms with van der Waals surface area (Å²) in [5, 5.41) is 0. The molecule has 0 saturated carbocycles. The monoisotopic (exact) mass is 364 g/mol. The van der Waals surface area contributed by atoms with Gasteiger partial charge in [-0.3, -0.25) is 0 Å². The average Bonchev–Trinajstić information content (AvgIpc) is 2.64. The molecule has 0 heterocycles. The summed E-state index contributed by atoms with van der Waals surface area (Å²) in [7, 11) is 0. The zero-order chi connectivity index (χ0) is 19.2. The summed E-state index contributed by atoms with van der Waals surface area (Å²) in [6.07, 6.45) is 1.45. The largest absolute Gasteiger partial charge is 0.488 e. The highest BCUT2D eigenvalue weighted by atomic mass is 19.1. The maximum absolute atomic E-state index is 14.2. The second kappa shape index (κ2) is 8.72. The lowest BCUT2D eigenvalue weighted by Gasteiger charge is -2.13. The average molecular weight is 364 g/mol. The lowest BCUT2D eigenvalue weighted by molar-refractivity contribution is 0.231. The van der Waals surface area contributed by atoms with Crippen LogP contribution in [0.2, 0.25) is 0 Å². The van der Waals surface area contributed by atoms with E-state index in [9.17, 15) is 4.39 Å². The van der Waals surface area contributed by atoms with Crippen LogP contribution in [0, 0.1) is 12.7 Å². The molecule has 3 rings (SSSR count). The van der Waals surface area contributed by atoms with Gasteiger partial charge in [-0.15, -0.1) is 0 Å².